The van der Waals surface area contributed by atoms with Gasteiger partial charge in [0.05, 0.1) is 6.61 Å². The molecule has 7 nitrogen and oxygen atoms in total. The third-order valence-electron chi connectivity index (χ3n) is 3.23. The quantitative estimate of drug-likeness (QED) is 0.819. The highest BCUT2D eigenvalue weighted by molar-refractivity contribution is 5.87. The van der Waals surface area contributed by atoms with Gasteiger partial charge in [0.15, 0.2) is 5.69 Å². The van der Waals surface area contributed by atoms with Crippen molar-refractivity contribution < 1.29 is 23.8 Å². The van der Waals surface area contributed by atoms with E-state index >= 15 is 0 Å². The summed E-state index contributed by atoms with van der Waals surface area (Å²) >= 11 is 0. The van der Waals surface area contributed by atoms with Crippen LogP contribution in [0.2, 0.25) is 0 Å². The number of nitrogens with zero attached hydrogens (tertiary/aromatic N) is 2. The molecule has 7 heteroatoms. The van der Waals surface area contributed by atoms with Crippen molar-refractivity contribution in [2.45, 2.75) is 26.2 Å². The van der Waals surface area contributed by atoms with Crippen LogP contribution in [0.25, 0.3) is 0 Å². The minimum absolute atomic E-state index is 0.0826. The fourth-order valence-electron chi connectivity index (χ4n) is 2.36. The number of hydrogen-bond donors (Lipinski definition) is 1. The van der Waals surface area contributed by atoms with Gasteiger partial charge in [0, 0.05) is 19.5 Å². The zero-order valence-corrected chi connectivity index (χ0v) is 11.4. The van der Waals surface area contributed by atoms with Crippen LogP contribution in [-0.4, -0.2) is 41.7 Å². The normalized spacial score (nSPS) is 18.9. The number of rotatable bonds is 5. The number of anilines is 1. The number of piperidine rings is 1. The molecule has 1 saturated heterocycles. The average molecular weight is 282 g/mol. The zero-order valence-electron chi connectivity index (χ0n) is 11.4. The minimum atomic E-state index is -0.795. The van der Waals surface area contributed by atoms with Crippen LogP contribution in [0.3, 0.4) is 0 Å². The highest BCUT2D eigenvalue weighted by atomic mass is 16.5. The molecule has 0 amide bonds. The SMILES string of the molecule is CCOC(=O)c1coc(N2CCCC(CC(=O)O)C2)n1. The molecule has 1 aromatic rings. The number of carbonyl (C=O) groups excluding carboxylic acids is 1. The summed E-state index contributed by atoms with van der Waals surface area (Å²) < 4.78 is 10.1. The summed E-state index contributed by atoms with van der Waals surface area (Å²) in [6, 6.07) is 0.350. The van der Waals surface area contributed by atoms with Crippen LogP contribution < -0.4 is 4.90 Å². The predicted molar refractivity (Wildman–Crippen MR) is 69.6 cm³/mol. The molecule has 2 heterocycles. The molecule has 1 N–H and O–H groups in total. The van der Waals surface area contributed by atoms with Gasteiger partial charge in [0.1, 0.15) is 6.26 Å². The summed E-state index contributed by atoms with van der Waals surface area (Å²) in [5, 5.41) is 8.84. The van der Waals surface area contributed by atoms with Crippen LogP contribution in [0.5, 0.6) is 0 Å². The highest BCUT2D eigenvalue weighted by Gasteiger charge is 2.25. The molecular weight excluding hydrogens is 264 g/mol. The monoisotopic (exact) mass is 282 g/mol. The Kier molecular flexibility index (Phi) is 4.60. The summed E-state index contributed by atoms with van der Waals surface area (Å²) in [4.78, 5) is 28.2. The predicted octanol–water partition coefficient (Wildman–Crippen LogP) is 1.54. The number of carbonyl (C=O) groups is 2. The molecule has 1 fully saturated rings. The number of aromatic nitrogens is 1. The summed E-state index contributed by atoms with van der Waals surface area (Å²) in [6.07, 6.45) is 3.18. The van der Waals surface area contributed by atoms with E-state index in [1.165, 1.54) is 6.26 Å². The number of carboxylic acids is 1. The minimum Gasteiger partial charge on any atom is -0.481 e. The number of ether oxygens (including phenoxy) is 1. The van der Waals surface area contributed by atoms with Gasteiger partial charge in [-0.2, -0.15) is 4.98 Å². The number of aliphatic carboxylic acids is 1. The Morgan fingerprint density at radius 3 is 3.10 bits per heavy atom. The first-order valence-corrected chi connectivity index (χ1v) is 6.69. The second-order valence-corrected chi connectivity index (χ2v) is 4.79. The van der Waals surface area contributed by atoms with Crippen molar-refractivity contribution >= 4 is 18.0 Å². The molecule has 0 spiro atoms. The fourth-order valence-corrected chi connectivity index (χ4v) is 2.36. The lowest BCUT2D eigenvalue weighted by Crippen LogP contribution is -2.36. The standard InChI is InChI=1S/C13H18N2O5/c1-2-19-12(18)10-8-20-13(14-10)15-5-3-4-9(7-15)6-11(16)17/h8-9H,2-7H2,1H3,(H,16,17). The van der Waals surface area contributed by atoms with Crippen LogP contribution in [0.4, 0.5) is 6.01 Å². The molecule has 1 unspecified atom stereocenters. The number of hydrogen-bond acceptors (Lipinski definition) is 6. The molecule has 1 aliphatic rings. The van der Waals surface area contributed by atoms with Gasteiger partial charge in [-0.05, 0) is 25.7 Å². The van der Waals surface area contributed by atoms with Gasteiger partial charge >= 0.3 is 11.9 Å². The van der Waals surface area contributed by atoms with E-state index in [1.54, 1.807) is 6.92 Å². The molecule has 110 valence electrons. The van der Waals surface area contributed by atoms with Gasteiger partial charge in [0.25, 0.3) is 6.01 Å². The Bertz CT molecular complexity index is 485. The van der Waals surface area contributed by atoms with Gasteiger partial charge < -0.3 is 19.2 Å². The second-order valence-electron chi connectivity index (χ2n) is 4.79. The summed E-state index contributed by atoms with van der Waals surface area (Å²) in [7, 11) is 0. The molecular formula is C13H18N2O5. The maximum Gasteiger partial charge on any atom is 0.360 e. The van der Waals surface area contributed by atoms with Gasteiger partial charge in [-0.15, -0.1) is 0 Å². The van der Waals surface area contributed by atoms with E-state index in [1.807, 2.05) is 4.90 Å². The molecule has 0 bridgehead atoms. The zero-order chi connectivity index (χ0) is 14.5. The van der Waals surface area contributed by atoms with E-state index in [-0.39, 0.29) is 24.6 Å². The summed E-state index contributed by atoms with van der Waals surface area (Å²) in [5.41, 5.74) is 0.141. The number of esters is 1. The average Bonchev–Trinajstić information content (AvgIpc) is 2.88. The van der Waals surface area contributed by atoms with Gasteiger partial charge in [-0.25, -0.2) is 4.79 Å². The summed E-state index contributed by atoms with van der Waals surface area (Å²) in [5.74, 6) is -1.22. The van der Waals surface area contributed by atoms with Gasteiger partial charge in [-0.1, -0.05) is 0 Å². The third kappa shape index (κ3) is 3.49. The van der Waals surface area contributed by atoms with Gasteiger partial charge in [0.2, 0.25) is 0 Å². The molecule has 0 aromatic carbocycles. The molecule has 20 heavy (non-hydrogen) atoms. The topological polar surface area (TPSA) is 92.9 Å². The van der Waals surface area contributed by atoms with Gasteiger partial charge in [-0.3, -0.25) is 4.79 Å². The van der Waals surface area contributed by atoms with Crippen molar-refractivity contribution in [2.75, 3.05) is 24.6 Å². The first-order valence-electron chi connectivity index (χ1n) is 6.69. The van der Waals surface area contributed by atoms with E-state index < -0.39 is 11.9 Å². The van der Waals surface area contributed by atoms with Crippen molar-refractivity contribution in [3.05, 3.63) is 12.0 Å². The van der Waals surface area contributed by atoms with Crippen LogP contribution in [0.1, 0.15) is 36.7 Å². The number of oxazole rings is 1. The largest absolute Gasteiger partial charge is 0.481 e. The Balaban J connectivity index is 2.00. The number of carboxylic acid groups (broad SMARTS) is 1. The molecule has 1 aromatic heterocycles. The molecule has 1 aliphatic heterocycles. The second kappa shape index (κ2) is 6.40. The van der Waals surface area contributed by atoms with Crippen molar-refractivity contribution in [1.82, 2.24) is 4.98 Å². The van der Waals surface area contributed by atoms with E-state index in [9.17, 15) is 9.59 Å². The molecule has 0 saturated carbocycles. The van der Waals surface area contributed by atoms with E-state index in [2.05, 4.69) is 4.98 Å². The van der Waals surface area contributed by atoms with E-state index in [4.69, 9.17) is 14.3 Å². The first-order chi connectivity index (χ1) is 9.60. The fraction of sp³-hybridized carbons (Fsp3) is 0.615. The Morgan fingerprint density at radius 1 is 1.60 bits per heavy atom. The van der Waals surface area contributed by atoms with Crippen molar-refractivity contribution in [2.24, 2.45) is 5.92 Å². The van der Waals surface area contributed by atoms with Crippen LogP contribution in [0.15, 0.2) is 10.7 Å². The molecule has 0 radical (unpaired) electrons. The van der Waals surface area contributed by atoms with Crippen LogP contribution in [-0.2, 0) is 9.53 Å². The molecule has 0 aliphatic carbocycles. The van der Waals surface area contributed by atoms with E-state index in [0.29, 0.717) is 12.6 Å². The van der Waals surface area contributed by atoms with Crippen molar-refractivity contribution in [3.8, 4) is 0 Å². The van der Waals surface area contributed by atoms with Crippen LogP contribution in [0, 0.1) is 5.92 Å². The summed E-state index contributed by atoms with van der Waals surface area (Å²) in [6.45, 7) is 3.33. The first kappa shape index (κ1) is 14.4. The molecule has 1 atom stereocenters. The lowest BCUT2D eigenvalue weighted by Gasteiger charge is -2.30. The Hall–Kier alpha value is -2.05. The van der Waals surface area contributed by atoms with Crippen molar-refractivity contribution in [1.29, 1.82) is 0 Å². The Morgan fingerprint density at radius 2 is 2.40 bits per heavy atom. The lowest BCUT2D eigenvalue weighted by atomic mass is 9.95. The molecule has 2 rings (SSSR count). The lowest BCUT2D eigenvalue weighted by molar-refractivity contribution is -0.138. The Labute approximate surface area is 116 Å². The highest BCUT2D eigenvalue weighted by Crippen LogP contribution is 2.24. The van der Waals surface area contributed by atoms with E-state index in [0.717, 1.165) is 19.4 Å². The maximum absolute atomic E-state index is 11.5. The third-order valence-corrected chi connectivity index (χ3v) is 3.23. The van der Waals surface area contributed by atoms with Crippen molar-refractivity contribution in [3.63, 3.8) is 0 Å². The van der Waals surface area contributed by atoms with Crippen LogP contribution >= 0.6 is 0 Å². The maximum atomic E-state index is 11.5. The smallest absolute Gasteiger partial charge is 0.360 e.